The van der Waals surface area contributed by atoms with E-state index in [1.807, 2.05) is 0 Å². The average molecular weight is 600 g/mol. The summed E-state index contributed by atoms with van der Waals surface area (Å²) in [5, 5.41) is 19.4. The normalized spacial score (nSPS) is 22.6. The Bertz CT molecular complexity index is 1490. The van der Waals surface area contributed by atoms with Gasteiger partial charge < -0.3 is 24.3 Å². The Balaban J connectivity index is 1.63. The largest absolute Gasteiger partial charge is 0.467 e. The van der Waals surface area contributed by atoms with Crippen LogP contribution in [0.1, 0.15) is 42.5 Å². The molecule has 0 aliphatic carbocycles. The molecule has 1 saturated heterocycles. The minimum absolute atomic E-state index is 0.0622. The number of furan rings is 1. The maximum atomic E-state index is 13.9. The van der Waals surface area contributed by atoms with Gasteiger partial charge in [0.15, 0.2) is 6.23 Å². The topological polar surface area (TPSA) is 144 Å². The molecule has 2 heterocycles. The van der Waals surface area contributed by atoms with Gasteiger partial charge in [0.25, 0.3) is 0 Å². The Morgan fingerprint density at radius 2 is 1.95 bits per heavy atom. The number of nitrogens with two attached hydrogens (primary N) is 1. The van der Waals surface area contributed by atoms with E-state index >= 15 is 0 Å². The molecule has 10 nitrogen and oxygen atoms in total. The average Bonchev–Trinajstić information content (AvgIpc) is 3.37. The fourth-order valence-corrected chi connectivity index (χ4v) is 5.86. The molecule has 0 spiro atoms. The fraction of sp³-hybridized carbons (Fsp3) is 0.346. The Kier molecular flexibility index (Phi) is 8.54. The van der Waals surface area contributed by atoms with E-state index in [4.69, 9.17) is 30.6 Å². The van der Waals surface area contributed by atoms with Crippen LogP contribution in [0.15, 0.2) is 58.0 Å². The first kappa shape index (κ1) is 29.9. The summed E-state index contributed by atoms with van der Waals surface area (Å²) in [6.45, 7) is 4.93. The maximum absolute atomic E-state index is 13.9. The van der Waals surface area contributed by atoms with Gasteiger partial charge in [-0.3, -0.25) is 4.90 Å². The number of esters is 1. The van der Waals surface area contributed by atoms with Crippen molar-refractivity contribution in [2.75, 3.05) is 11.9 Å². The standard InChI is InChI=1S/C26H28ClF2N3O7S/c1-14-13-38-26(34,17-7-18(28)9-19(29)8-17)15(2)32(14)16(3)39-25(33)21-10-24(40(30,35)36)22(27)11-23(21)31-12-20-5-4-6-37-20/h4-11,14-16,31,34H,12-13H2,1-3H3,(H2,30,35,36)/t14-,15+,16-,26-/m1/s1. The van der Waals surface area contributed by atoms with Crippen LogP contribution >= 0.6 is 11.6 Å². The second-order valence-electron chi connectivity index (χ2n) is 9.45. The summed E-state index contributed by atoms with van der Waals surface area (Å²) < 4.78 is 68.7. The first-order valence-electron chi connectivity index (χ1n) is 12.1. The van der Waals surface area contributed by atoms with Crippen molar-refractivity contribution in [3.8, 4) is 0 Å². The number of anilines is 1. The molecule has 1 aliphatic rings. The number of aliphatic hydroxyl groups is 1. The van der Waals surface area contributed by atoms with Gasteiger partial charge in [0.1, 0.15) is 22.3 Å². The number of primary sulfonamides is 1. The number of nitrogens with one attached hydrogen (secondary N) is 1. The highest BCUT2D eigenvalue weighted by molar-refractivity contribution is 7.89. The molecule has 4 rings (SSSR count). The summed E-state index contributed by atoms with van der Waals surface area (Å²) in [5.41, 5.74) is -0.170. The van der Waals surface area contributed by atoms with Crippen LogP contribution in [0.5, 0.6) is 0 Å². The van der Waals surface area contributed by atoms with Gasteiger partial charge >= 0.3 is 5.97 Å². The molecule has 14 heteroatoms. The molecule has 1 fully saturated rings. The molecule has 4 N–H and O–H groups in total. The van der Waals surface area contributed by atoms with Crippen molar-refractivity contribution in [1.82, 2.24) is 4.90 Å². The maximum Gasteiger partial charge on any atom is 0.341 e. The minimum atomic E-state index is -4.29. The van der Waals surface area contributed by atoms with Crippen LogP contribution in [0.3, 0.4) is 0 Å². The van der Waals surface area contributed by atoms with Gasteiger partial charge in [0, 0.05) is 17.7 Å². The van der Waals surface area contributed by atoms with Gasteiger partial charge in [-0.25, -0.2) is 27.1 Å². The highest BCUT2D eigenvalue weighted by Crippen LogP contribution is 2.37. The Morgan fingerprint density at radius 1 is 1.27 bits per heavy atom. The highest BCUT2D eigenvalue weighted by atomic mass is 35.5. The van der Waals surface area contributed by atoms with E-state index in [-0.39, 0.29) is 35.0 Å². The number of benzene rings is 2. The number of carbonyl (C=O) groups is 1. The Hall–Kier alpha value is -3.07. The first-order chi connectivity index (χ1) is 18.7. The molecule has 216 valence electrons. The van der Waals surface area contributed by atoms with Crippen LogP contribution < -0.4 is 10.5 Å². The SMILES string of the molecule is C[C@@H]1CO[C@@](O)(c2cc(F)cc(F)c2)[C@H](C)N1[C@@H](C)OC(=O)c1cc(S(N)(=O)=O)c(Cl)cc1NCc1ccco1. The number of rotatable bonds is 8. The zero-order valence-electron chi connectivity index (χ0n) is 21.7. The van der Waals surface area contributed by atoms with Gasteiger partial charge in [0.05, 0.1) is 41.7 Å². The number of morpholine rings is 1. The van der Waals surface area contributed by atoms with E-state index in [2.05, 4.69) is 5.32 Å². The van der Waals surface area contributed by atoms with Crippen LogP contribution in [-0.4, -0.2) is 49.3 Å². The number of hydrogen-bond donors (Lipinski definition) is 3. The fourth-order valence-electron chi connectivity index (χ4n) is 4.76. The van der Waals surface area contributed by atoms with Gasteiger partial charge in [-0.05, 0) is 57.2 Å². The van der Waals surface area contributed by atoms with Gasteiger partial charge in [-0.15, -0.1) is 0 Å². The molecule has 0 bridgehead atoms. The van der Waals surface area contributed by atoms with Crippen molar-refractivity contribution in [3.05, 3.63) is 82.3 Å². The molecule has 0 saturated carbocycles. The molecular formula is C26H28ClF2N3O7S. The predicted molar refractivity (Wildman–Crippen MR) is 141 cm³/mol. The lowest BCUT2D eigenvalue weighted by Crippen LogP contribution is -2.63. The third-order valence-electron chi connectivity index (χ3n) is 6.67. The van der Waals surface area contributed by atoms with Crippen molar-refractivity contribution >= 4 is 33.3 Å². The lowest BCUT2D eigenvalue weighted by Gasteiger charge is -2.50. The van der Waals surface area contributed by atoms with Crippen LogP contribution in [0.4, 0.5) is 14.5 Å². The predicted octanol–water partition coefficient (Wildman–Crippen LogP) is 3.93. The molecule has 0 amide bonds. The van der Waals surface area contributed by atoms with Crippen molar-refractivity contribution in [1.29, 1.82) is 0 Å². The molecule has 1 aromatic heterocycles. The molecule has 3 aromatic rings. The van der Waals surface area contributed by atoms with E-state index in [9.17, 15) is 27.1 Å². The van der Waals surface area contributed by atoms with Crippen LogP contribution in [0, 0.1) is 11.6 Å². The number of ether oxygens (including phenoxy) is 2. The lowest BCUT2D eigenvalue weighted by atomic mass is 9.94. The number of halogens is 3. The third-order valence-corrected chi connectivity index (χ3v) is 8.05. The molecule has 40 heavy (non-hydrogen) atoms. The highest BCUT2D eigenvalue weighted by Gasteiger charge is 2.48. The number of hydrogen-bond acceptors (Lipinski definition) is 9. The van der Waals surface area contributed by atoms with E-state index in [1.54, 1.807) is 30.9 Å². The molecule has 2 aromatic carbocycles. The summed E-state index contributed by atoms with van der Waals surface area (Å²) >= 11 is 6.15. The second-order valence-corrected chi connectivity index (χ2v) is 11.4. The van der Waals surface area contributed by atoms with Crippen molar-refractivity contribution in [2.24, 2.45) is 5.14 Å². The lowest BCUT2D eigenvalue weighted by molar-refractivity contribution is -0.301. The summed E-state index contributed by atoms with van der Waals surface area (Å²) in [5.74, 6) is -4.32. The van der Waals surface area contributed by atoms with Crippen LogP contribution in [0.25, 0.3) is 0 Å². The van der Waals surface area contributed by atoms with E-state index < -0.39 is 56.6 Å². The van der Waals surface area contributed by atoms with Gasteiger partial charge in [0.2, 0.25) is 15.8 Å². The summed E-state index contributed by atoms with van der Waals surface area (Å²) in [6, 6.07) is 6.87. The minimum Gasteiger partial charge on any atom is -0.467 e. The summed E-state index contributed by atoms with van der Waals surface area (Å²) in [6.07, 6.45) is 0.451. The van der Waals surface area contributed by atoms with E-state index in [0.717, 1.165) is 18.2 Å². The first-order valence-corrected chi connectivity index (χ1v) is 14.1. The van der Waals surface area contributed by atoms with Gasteiger partial charge in [-0.1, -0.05) is 11.6 Å². The van der Waals surface area contributed by atoms with Crippen LogP contribution in [0.2, 0.25) is 5.02 Å². The smallest absolute Gasteiger partial charge is 0.341 e. The second kappa shape index (κ2) is 11.4. The summed E-state index contributed by atoms with van der Waals surface area (Å²) in [7, 11) is -4.29. The van der Waals surface area contributed by atoms with E-state index in [1.165, 1.54) is 19.3 Å². The van der Waals surface area contributed by atoms with Crippen molar-refractivity contribution < 1.29 is 41.0 Å². The van der Waals surface area contributed by atoms with Crippen molar-refractivity contribution in [3.63, 3.8) is 0 Å². The Labute approximate surface area is 234 Å². The van der Waals surface area contributed by atoms with Crippen LogP contribution in [-0.2, 0) is 31.8 Å². The molecule has 0 radical (unpaired) electrons. The van der Waals surface area contributed by atoms with E-state index in [0.29, 0.717) is 11.8 Å². The molecule has 4 atom stereocenters. The number of carbonyl (C=O) groups excluding carboxylic acids is 1. The number of sulfonamides is 1. The molecular weight excluding hydrogens is 572 g/mol. The number of nitrogens with zero attached hydrogens (tertiary/aromatic N) is 1. The monoisotopic (exact) mass is 599 g/mol. The molecule has 1 aliphatic heterocycles. The zero-order chi connectivity index (χ0) is 29.4. The quantitative estimate of drug-likeness (QED) is 0.328. The van der Waals surface area contributed by atoms with Crippen molar-refractivity contribution in [2.45, 2.75) is 56.3 Å². The zero-order valence-corrected chi connectivity index (χ0v) is 23.3. The van der Waals surface area contributed by atoms with Gasteiger partial charge in [-0.2, -0.15) is 0 Å². The third kappa shape index (κ3) is 6.14. The molecule has 0 unspecified atom stereocenters. The Morgan fingerprint density at radius 3 is 2.55 bits per heavy atom. The summed E-state index contributed by atoms with van der Waals surface area (Å²) in [4.78, 5) is 14.5.